The summed E-state index contributed by atoms with van der Waals surface area (Å²) in [7, 11) is 0. The molecule has 3 atom stereocenters. The second-order valence-corrected chi connectivity index (χ2v) is 5.21. The highest BCUT2D eigenvalue weighted by atomic mass is 16.4. The summed E-state index contributed by atoms with van der Waals surface area (Å²) >= 11 is 0. The summed E-state index contributed by atoms with van der Waals surface area (Å²) in [6.45, 7) is -2.29. The van der Waals surface area contributed by atoms with Gasteiger partial charge in [0.25, 0.3) is 0 Å². The van der Waals surface area contributed by atoms with E-state index in [0.717, 1.165) is 0 Å². The molecule has 26 heavy (non-hydrogen) atoms. The van der Waals surface area contributed by atoms with E-state index in [1.165, 1.54) is 0 Å². The molecule has 0 fully saturated rings. The minimum atomic E-state index is -1.53. The molecule has 0 aliphatic heterocycles. The number of carboxylic acid groups (broad SMARTS) is 1. The Morgan fingerprint density at radius 2 is 1.50 bits per heavy atom. The van der Waals surface area contributed by atoms with E-state index in [1.807, 2.05) is 5.32 Å². The number of nitrogens with one attached hydrogen (secondary N) is 3. The molecule has 0 aliphatic rings. The number of aliphatic hydroxyl groups excluding tert-OH is 2. The molecule has 0 bridgehead atoms. The lowest BCUT2D eigenvalue weighted by molar-refractivity contribution is -0.142. The third-order valence-corrected chi connectivity index (χ3v) is 3.09. The van der Waals surface area contributed by atoms with Crippen LogP contribution in [0.15, 0.2) is 0 Å². The Balaban J connectivity index is 4.47. The Kier molecular flexibility index (Phi) is 10.5. The van der Waals surface area contributed by atoms with Gasteiger partial charge in [-0.2, -0.15) is 0 Å². The molecule has 13 heteroatoms. The number of aliphatic carboxylic acids is 1. The van der Waals surface area contributed by atoms with Gasteiger partial charge in [0, 0.05) is 6.42 Å². The standard InChI is InChI=1S/C13H23N5O8/c14-6(1-2-9(15)21)11(23)18-7(4-19)12(24)16-3-10(22)17-8(5-20)13(25)26/h6-8,19-20H,1-5,14H2,(H2,15,21)(H,16,24)(H,17,22)(H,18,23)(H,25,26). The fraction of sp³-hybridized carbons (Fsp3) is 0.615. The monoisotopic (exact) mass is 377 g/mol. The highest BCUT2D eigenvalue weighted by Crippen LogP contribution is 1.95. The van der Waals surface area contributed by atoms with Crippen molar-refractivity contribution in [1.82, 2.24) is 16.0 Å². The summed E-state index contributed by atoms with van der Waals surface area (Å²) in [5.41, 5.74) is 10.4. The molecule has 0 aromatic rings. The molecule has 10 N–H and O–H groups in total. The normalized spacial score (nSPS) is 13.8. The van der Waals surface area contributed by atoms with E-state index >= 15 is 0 Å². The molecule has 0 heterocycles. The Labute approximate surface area is 148 Å². The molecular weight excluding hydrogens is 354 g/mol. The lowest BCUT2D eigenvalue weighted by Crippen LogP contribution is -2.55. The number of carbonyl (C=O) groups excluding carboxylic acids is 4. The van der Waals surface area contributed by atoms with E-state index in [1.54, 1.807) is 0 Å². The van der Waals surface area contributed by atoms with Crippen molar-refractivity contribution < 1.29 is 39.3 Å². The van der Waals surface area contributed by atoms with Gasteiger partial charge in [-0.1, -0.05) is 0 Å². The molecule has 0 rings (SSSR count). The number of nitrogens with two attached hydrogens (primary N) is 2. The maximum absolute atomic E-state index is 11.8. The predicted octanol–water partition coefficient (Wildman–Crippen LogP) is -5.27. The maximum Gasteiger partial charge on any atom is 0.328 e. The lowest BCUT2D eigenvalue weighted by atomic mass is 10.1. The van der Waals surface area contributed by atoms with E-state index < -0.39 is 67.5 Å². The second-order valence-electron chi connectivity index (χ2n) is 5.21. The van der Waals surface area contributed by atoms with Gasteiger partial charge in [-0.3, -0.25) is 19.2 Å². The summed E-state index contributed by atoms with van der Waals surface area (Å²) in [4.78, 5) is 56.4. The second kappa shape index (κ2) is 11.7. The number of hydrogen-bond acceptors (Lipinski definition) is 8. The fourth-order valence-corrected chi connectivity index (χ4v) is 1.62. The average molecular weight is 377 g/mol. The maximum atomic E-state index is 11.8. The first-order valence-corrected chi connectivity index (χ1v) is 7.48. The largest absolute Gasteiger partial charge is 0.480 e. The van der Waals surface area contributed by atoms with Gasteiger partial charge in [0.05, 0.1) is 25.8 Å². The minimum absolute atomic E-state index is 0.0545. The number of aliphatic hydroxyl groups is 2. The van der Waals surface area contributed by atoms with Crippen molar-refractivity contribution in [1.29, 1.82) is 0 Å². The van der Waals surface area contributed by atoms with Crippen LogP contribution in [0.3, 0.4) is 0 Å². The van der Waals surface area contributed by atoms with Crippen LogP contribution in [-0.4, -0.2) is 82.8 Å². The van der Waals surface area contributed by atoms with E-state index in [0.29, 0.717) is 0 Å². The lowest BCUT2D eigenvalue weighted by Gasteiger charge is -2.19. The zero-order valence-corrected chi connectivity index (χ0v) is 13.8. The zero-order chi connectivity index (χ0) is 20.3. The molecule has 4 amide bonds. The van der Waals surface area contributed by atoms with Crippen molar-refractivity contribution in [3.05, 3.63) is 0 Å². The molecule has 0 saturated heterocycles. The third-order valence-electron chi connectivity index (χ3n) is 3.09. The minimum Gasteiger partial charge on any atom is -0.480 e. The van der Waals surface area contributed by atoms with E-state index in [2.05, 4.69) is 10.6 Å². The van der Waals surface area contributed by atoms with Gasteiger partial charge in [0.2, 0.25) is 23.6 Å². The molecular formula is C13H23N5O8. The van der Waals surface area contributed by atoms with Crippen LogP contribution in [0, 0.1) is 0 Å². The number of primary amides is 1. The van der Waals surface area contributed by atoms with Crippen molar-refractivity contribution in [2.75, 3.05) is 19.8 Å². The van der Waals surface area contributed by atoms with Crippen LogP contribution in [0.4, 0.5) is 0 Å². The van der Waals surface area contributed by atoms with Gasteiger partial charge in [-0.05, 0) is 6.42 Å². The molecule has 0 radical (unpaired) electrons. The summed E-state index contributed by atoms with van der Waals surface area (Å²) in [5.74, 6) is -4.75. The van der Waals surface area contributed by atoms with Crippen LogP contribution < -0.4 is 27.4 Å². The Morgan fingerprint density at radius 1 is 0.923 bits per heavy atom. The average Bonchev–Trinajstić information content (AvgIpc) is 2.59. The third kappa shape index (κ3) is 8.91. The Bertz CT molecular complexity index is 541. The summed E-state index contributed by atoms with van der Waals surface area (Å²) in [6.07, 6.45) is -0.193. The first-order chi connectivity index (χ1) is 12.1. The molecule has 0 aromatic carbocycles. The quantitative estimate of drug-likeness (QED) is 0.162. The number of amides is 4. The SMILES string of the molecule is NC(=O)CCC(N)C(=O)NC(CO)C(=O)NCC(=O)NC(CO)C(=O)O. The molecule has 0 aromatic heterocycles. The highest BCUT2D eigenvalue weighted by Gasteiger charge is 2.24. The number of hydrogen-bond donors (Lipinski definition) is 8. The van der Waals surface area contributed by atoms with Crippen LogP contribution in [0.1, 0.15) is 12.8 Å². The highest BCUT2D eigenvalue weighted by molar-refractivity contribution is 5.92. The number of rotatable bonds is 12. The first kappa shape index (κ1) is 23.2. The van der Waals surface area contributed by atoms with Gasteiger partial charge in [-0.15, -0.1) is 0 Å². The fourth-order valence-electron chi connectivity index (χ4n) is 1.62. The molecule has 0 saturated carbocycles. The van der Waals surface area contributed by atoms with Crippen molar-refractivity contribution in [2.45, 2.75) is 31.0 Å². The summed E-state index contributed by atoms with van der Waals surface area (Å²) < 4.78 is 0. The first-order valence-electron chi connectivity index (χ1n) is 7.48. The number of carboxylic acids is 1. The van der Waals surface area contributed by atoms with Gasteiger partial charge in [-0.25, -0.2) is 4.79 Å². The van der Waals surface area contributed by atoms with Gasteiger partial charge < -0.3 is 42.7 Å². The van der Waals surface area contributed by atoms with Crippen molar-refractivity contribution in [3.8, 4) is 0 Å². The van der Waals surface area contributed by atoms with Crippen LogP contribution in [0.5, 0.6) is 0 Å². The van der Waals surface area contributed by atoms with Crippen LogP contribution >= 0.6 is 0 Å². The van der Waals surface area contributed by atoms with Crippen molar-refractivity contribution in [2.24, 2.45) is 11.5 Å². The molecule has 0 spiro atoms. The molecule has 0 aliphatic carbocycles. The predicted molar refractivity (Wildman–Crippen MR) is 85.1 cm³/mol. The van der Waals surface area contributed by atoms with Crippen LogP contribution in [0.25, 0.3) is 0 Å². The van der Waals surface area contributed by atoms with Gasteiger partial charge in [0.15, 0.2) is 0 Å². The molecule has 148 valence electrons. The summed E-state index contributed by atoms with van der Waals surface area (Å²) in [6, 6.07) is -4.08. The topological polar surface area (TPSA) is 234 Å². The zero-order valence-electron chi connectivity index (χ0n) is 13.8. The van der Waals surface area contributed by atoms with Gasteiger partial charge >= 0.3 is 5.97 Å². The van der Waals surface area contributed by atoms with Crippen molar-refractivity contribution >= 4 is 29.6 Å². The summed E-state index contributed by atoms with van der Waals surface area (Å²) in [5, 5.41) is 32.8. The van der Waals surface area contributed by atoms with Crippen molar-refractivity contribution in [3.63, 3.8) is 0 Å². The van der Waals surface area contributed by atoms with Crippen LogP contribution in [0.2, 0.25) is 0 Å². The smallest absolute Gasteiger partial charge is 0.328 e. The van der Waals surface area contributed by atoms with E-state index in [-0.39, 0.29) is 12.8 Å². The Hall–Kier alpha value is -2.77. The molecule has 3 unspecified atom stereocenters. The molecule has 13 nitrogen and oxygen atoms in total. The van der Waals surface area contributed by atoms with Gasteiger partial charge in [0.1, 0.15) is 12.1 Å². The van der Waals surface area contributed by atoms with E-state index in [4.69, 9.17) is 26.8 Å². The van der Waals surface area contributed by atoms with Crippen LogP contribution in [-0.2, 0) is 24.0 Å². The number of carbonyl (C=O) groups is 5. The van der Waals surface area contributed by atoms with E-state index in [9.17, 15) is 24.0 Å². The Morgan fingerprint density at radius 3 is 1.96 bits per heavy atom.